The molecule has 0 amide bonds. The molecule has 90 valence electrons. The van der Waals surface area contributed by atoms with E-state index in [2.05, 4.69) is 11.4 Å². The van der Waals surface area contributed by atoms with Crippen LogP contribution in [0.15, 0.2) is 41.8 Å². The van der Waals surface area contributed by atoms with Crippen LogP contribution in [-0.2, 0) is 6.42 Å². The molecule has 1 unspecified atom stereocenters. The second-order valence-corrected chi connectivity index (χ2v) is 5.28. The highest BCUT2D eigenvalue weighted by Gasteiger charge is 2.06. The van der Waals surface area contributed by atoms with Gasteiger partial charge in [0.15, 0.2) is 0 Å². The van der Waals surface area contributed by atoms with E-state index in [1.165, 1.54) is 4.88 Å². The first kappa shape index (κ1) is 12.4. The molecule has 4 heteroatoms. The van der Waals surface area contributed by atoms with E-state index in [4.69, 9.17) is 22.1 Å². The quantitative estimate of drug-likeness (QED) is 0.902. The van der Waals surface area contributed by atoms with Crippen LogP contribution in [0.1, 0.15) is 4.88 Å². The summed E-state index contributed by atoms with van der Waals surface area (Å²) in [5.41, 5.74) is 6.00. The zero-order valence-electron chi connectivity index (χ0n) is 9.30. The van der Waals surface area contributed by atoms with Crippen LogP contribution in [-0.4, -0.2) is 12.6 Å². The second-order valence-electron chi connectivity index (χ2n) is 3.81. The van der Waals surface area contributed by atoms with Gasteiger partial charge >= 0.3 is 0 Å². The standard InChI is InChI=1S/C13H14ClNOS/c14-10-3-5-12(6-4-10)16-9-11(15)8-13-2-1-7-17-13/h1-7,11H,8-9,15H2. The summed E-state index contributed by atoms with van der Waals surface area (Å²) in [5.74, 6) is 0.802. The molecule has 0 saturated carbocycles. The number of halogens is 1. The molecule has 0 aliphatic rings. The lowest BCUT2D eigenvalue weighted by atomic mass is 10.2. The van der Waals surface area contributed by atoms with E-state index in [0.717, 1.165) is 12.2 Å². The minimum Gasteiger partial charge on any atom is -0.492 e. The molecular weight excluding hydrogens is 254 g/mol. The third-order valence-electron chi connectivity index (χ3n) is 2.32. The van der Waals surface area contributed by atoms with Crippen molar-refractivity contribution < 1.29 is 4.74 Å². The summed E-state index contributed by atoms with van der Waals surface area (Å²) in [7, 11) is 0. The van der Waals surface area contributed by atoms with Gasteiger partial charge in [-0.1, -0.05) is 17.7 Å². The molecule has 1 aromatic carbocycles. The summed E-state index contributed by atoms with van der Waals surface area (Å²) >= 11 is 7.51. The number of nitrogens with two attached hydrogens (primary N) is 1. The van der Waals surface area contributed by atoms with Crippen LogP contribution in [0.4, 0.5) is 0 Å². The average Bonchev–Trinajstić information content (AvgIpc) is 2.81. The topological polar surface area (TPSA) is 35.2 Å². The van der Waals surface area contributed by atoms with Crippen LogP contribution >= 0.6 is 22.9 Å². The maximum Gasteiger partial charge on any atom is 0.119 e. The Bertz CT molecular complexity index is 441. The molecule has 0 aliphatic carbocycles. The van der Waals surface area contributed by atoms with Gasteiger partial charge in [0.25, 0.3) is 0 Å². The van der Waals surface area contributed by atoms with Crippen molar-refractivity contribution in [2.24, 2.45) is 5.73 Å². The second kappa shape index (κ2) is 6.05. The molecule has 2 nitrogen and oxygen atoms in total. The number of ether oxygens (including phenoxy) is 1. The molecule has 0 radical (unpaired) electrons. The first-order valence-corrected chi connectivity index (χ1v) is 6.66. The smallest absolute Gasteiger partial charge is 0.119 e. The summed E-state index contributed by atoms with van der Waals surface area (Å²) in [5, 5.41) is 2.77. The van der Waals surface area contributed by atoms with Crippen LogP contribution in [0.25, 0.3) is 0 Å². The molecule has 0 spiro atoms. The van der Waals surface area contributed by atoms with Gasteiger partial charge in [0.2, 0.25) is 0 Å². The minimum absolute atomic E-state index is 0.0179. The SMILES string of the molecule is NC(COc1ccc(Cl)cc1)Cc1cccs1. The number of hydrogen-bond acceptors (Lipinski definition) is 3. The lowest BCUT2D eigenvalue weighted by Crippen LogP contribution is -2.29. The number of benzene rings is 1. The molecule has 17 heavy (non-hydrogen) atoms. The van der Waals surface area contributed by atoms with Crippen LogP contribution < -0.4 is 10.5 Å². The van der Waals surface area contributed by atoms with E-state index < -0.39 is 0 Å². The van der Waals surface area contributed by atoms with Gasteiger partial charge in [0.05, 0.1) is 0 Å². The number of thiophene rings is 1. The van der Waals surface area contributed by atoms with Crippen LogP contribution in [0.5, 0.6) is 5.75 Å². The zero-order chi connectivity index (χ0) is 12.1. The van der Waals surface area contributed by atoms with Crippen molar-refractivity contribution in [1.82, 2.24) is 0 Å². The first-order valence-electron chi connectivity index (χ1n) is 5.40. The predicted octanol–water partition coefficient (Wildman–Crippen LogP) is 3.35. The third kappa shape index (κ3) is 4.04. The molecule has 0 aliphatic heterocycles. The summed E-state index contributed by atoms with van der Waals surface area (Å²) in [6.07, 6.45) is 0.852. The van der Waals surface area contributed by atoms with E-state index >= 15 is 0 Å². The largest absolute Gasteiger partial charge is 0.492 e. The van der Waals surface area contributed by atoms with Gasteiger partial charge in [0.1, 0.15) is 12.4 Å². The Morgan fingerprint density at radius 1 is 1.24 bits per heavy atom. The molecule has 2 N–H and O–H groups in total. The fourth-order valence-electron chi connectivity index (χ4n) is 1.48. The van der Waals surface area contributed by atoms with Gasteiger partial charge in [0, 0.05) is 22.4 Å². The molecule has 0 bridgehead atoms. The van der Waals surface area contributed by atoms with E-state index in [1.54, 1.807) is 11.3 Å². The van der Waals surface area contributed by atoms with Gasteiger partial charge in [-0.05, 0) is 35.7 Å². The van der Waals surface area contributed by atoms with E-state index in [0.29, 0.717) is 11.6 Å². The summed E-state index contributed by atoms with van der Waals surface area (Å²) in [6, 6.07) is 11.5. The fraction of sp³-hybridized carbons (Fsp3) is 0.231. The van der Waals surface area contributed by atoms with Crippen LogP contribution in [0.3, 0.4) is 0 Å². The first-order chi connectivity index (χ1) is 8.24. The van der Waals surface area contributed by atoms with Gasteiger partial charge in [-0.2, -0.15) is 0 Å². The molecule has 0 saturated heterocycles. The average molecular weight is 268 g/mol. The maximum atomic E-state index is 6.00. The fourth-order valence-corrected chi connectivity index (χ4v) is 2.41. The van der Waals surface area contributed by atoms with Gasteiger partial charge in [-0.15, -0.1) is 11.3 Å². The summed E-state index contributed by atoms with van der Waals surface area (Å²) in [6.45, 7) is 0.513. The predicted molar refractivity (Wildman–Crippen MR) is 72.9 cm³/mol. The van der Waals surface area contributed by atoms with Gasteiger partial charge < -0.3 is 10.5 Å². The Morgan fingerprint density at radius 3 is 2.65 bits per heavy atom. The maximum absolute atomic E-state index is 6.00. The van der Waals surface area contributed by atoms with E-state index in [-0.39, 0.29) is 6.04 Å². The Kier molecular flexibility index (Phi) is 4.42. The number of rotatable bonds is 5. The zero-order valence-corrected chi connectivity index (χ0v) is 10.9. The molecule has 1 atom stereocenters. The van der Waals surface area contributed by atoms with E-state index in [1.807, 2.05) is 30.3 Å². The molecule has 2 rings (SSSR count). The van der Waals surface area contributed by atoms with Crippen molar-refractivity contribution in [1.29, 1.82) is 0 Å². The normalized spacial score (nSPS) is 12.4. The van der Waals surface area contributed by atoms with Crippen molar-refractivity contribution in [3.05, 3.63) is 51.7 Å². The van der Waals surface area contributed by atoms with Crippen LogP contribution in [0, 0.1) is 0 Å². The van der Waals surface area contributed by atoms with Gasteiger partial charge in [-0.3, -0.25) is 0 Å². The van der Waals surface area contributed by atoms with Crippen LogP contribution in [0.2, 0.25) is 5.02 Å². The highest BCUT2D eigenvalue weighted by molar-refractivity contribution is 7.09. The Hall–Kier alpha value is -1.03. The van der Waals surface area contributed by atoms with E-state index in [9.17, 15) is 0 Å². The highest BCUT2D eigenvalue weighted by Crippen LogP contribution is 2.16. The van der Waals surface area contributed by atoms with Crippen molar-refractivity contribution in [2.45, 2.75) is 12.5 Å². The van der Waals surface area contributed by atoms with Crippen molar-refractivity contribution in [2.75, 3.05) is 6.61 Å². The third-order valence-corrected chi connectivity index (χ3v) is 3.47. The Morgan fingerprint density at radius 2 is 2.00 bits per heavy atom. The monoisotopic (exact) mass is 267 g/mol. The molecular formula is C13H14ClNOS. The summed E-state index contributed by atoms with van der Waals surface area (Å²) < 4.78 is 5.59. The Balaban J connectivity index is 1.79. The molecule has 1 aromatic heterocycles. The molecule has 2 aromatic rings. The lowest BCUT2D eigenvalue weighted by molar-refractivity contribution is 0.288. The van der Waals surface area contributed by atoms with Gasteiger partial charge in [-0.25, -0.2) is 0 Å². The molecule has 1 heterocycles. The van der Waals surface area contributed by atoms with Crippen molar-refractivity contribution in [3.8, 4) is 5.75 Å². The van der Waals surface area contributed by atoms with Crippen molar-refractivity contribution >= 4 is 22.9 Å². The molecule has 0 fully saturated rings. The lowest BCUT2D eigenvalue weighted by Gasteiger charge is -2.12. The number of hydrogen-bond donors (Lipinski definition) is 1. The summed E-state index contributed by atoms with van der Waals surface area (Å²) in [4.78, 5) is 1.29. The Labute approximate surface area is 110 Å². The van der Waals surface area contributed by atoms with Crippen molar-refractivity contribution in [3.63, 3.8) is 0 Å². The highest BCUT2D eigenvalue weighted by atomic mass is 35.5. The minimum atomic E-state index is 0.0179.